The zero-order valence-electron chi connectivity index (χ0n) is 21.3. The number of furan rings is 1. The van der Waals surface area contributed by atoms with Gasteiger partial charge >= 0.3 is 6.09 Å². The molecule has 1 amide bonds. The molecule has 1 aliphatic rings. The Balaban J connectivity index is 1.12. The minimum absolute atomic E-state index is 0.116. The van der Waals surface area contributed by atoms with Crippen LogP contribution in [-0.4, -0.2) is 48.3 Å². The lowest BCUT2D eigenvalue weighted by Gasteiger charge is -2.36. The molecule has 8 heteroatoms. The van der Waals surface area contributed by atoms with Crippen LogP contribution in [0, 0.1) is 11.3 Å². The highest BCUT2D eigenvalue weighted by molar-refractivity contribution is 5.85. The van der Waals surface area contributed by atoms with Crippen molar-refractivity contribution in [1.29, 1.82) is 5.26 Å². The number of aromatic nitrogens is 1. The van der Waals surface area contributed by atoms with Gasteiger partial charge in [-0.3, -0.25) is 4.90 Å². The molecule has 1 fully saturated rings. The molecule has 0 radical (unpaired) electrons. The van der Waals surface area contributed by atoms with Crippen molar-refractivity contribution in [2.45, 2.75) is 39.2 Å². The number of carbonyl (C=O) groups excluding carboxylic acids is 1. The highest BCUT2D eigenvalue weighted by atomic mass is 16.6. The van der Waals surface area contributed by atoms with Gasteiger partial charge in [-0.25, -0.2) is 4.79 Å². The van der Waals surface area contributed by atoms with Gasteiger partial charge in [0.05, 0.1) is 11.6 Å². The molecule has 192 valence electrons. The van der Waals surface area contributed by atoms with Crippen molar-refractivity contribution >= 4 is 33.7 Å². The van der Waals surface area contributed by atoms with E-state index in [1.807, 2.05) is 24.3 Å². The number of anilines is 1. The highest BCUT2D eigenvalue weighted by Crippen LogP contribution is 2.29. The zero-order chi connectivity index (χ0) is 25.8. The molecule has 2 N–H and O–H groups in total. The van der Waals surface area contributed by atoms with Crippen molar-refractivity contribution in [2.75, 3.05) is 37.6 Å². The molecule has 0 unspecified atom stereocenters. The van der Waals surface area contributed by atoms with Gasteiger partial charge in [0.15, 0.2) is 0 Å². The van der Waals surface area contributed by atoms with E-state index >= 15 is 0 Å². The van der Waals surface area contributed by atoms with Crippen molar-refractivity contribution in [2.24, 2.45) is 5.73 Å². The number of hydrogen-bond donors (Lipinski definition) is 1. The number of carbonyl (C=O) groups is 1. The summed E-state index contributed by atoms with van der Waals surface area (Å²) in [4.78, 5) is 15.9. The number of hydrogen-bond acceptors (Lipinski definition) is 6. The number of rotatable bonds is 9. The predicted molar refractivity (Wildman–Crippen MR) is 145 cm³/mol. The average Bonchev–Trinajstić information content (AvgIpc) is 3.46. The number of piperazine rings is 1. The molecule has 4 aromatic rings. The Morgan fingerprint density at radius 1 is 1.08 bits per heavy atom. The van der Waals surface area contributed by atoms with Gasteiger partial charge in [0.1, 0.15) is 5.58 Å². The van der Waals surface area contributed by atoms with E-state index in [0.29, 0.717) is 5.58 Å². The van der Waals surface area contributed by atoms with Crippen molar-refractivity contribution in [1.82, 2.24) is 9.47 Å². The molecule has 37 heavy (non-hydrogen) atoms. The van der Waals surface area contributed by atoms with Crippen molar-refractivity contribution < 1.29 is 13.9 Å². The number of unbranched alkanes of at least 4 members (excludes halogenated alkanes) is 1. The van der Waals surface area contributed by atoms with Crippen LogP contribution in [0.25, 0.3) is 21.9 Å². The largest absolute Gasteiger partial charge is 0.425 e. The first kappa shape index (κ1) is 24.7. The highest BCUT2D eigenvalue weighted by Gasteiger charge is 2.18. The fourth-order valence-corrected chi connectivity index (χ4v) is 5.30. The number of ether oxygens (including phenoxy) is 1. The van der Waals surface area contributed by atoms with Crippen LogP contribution in [0.3, 0.4) is 0 Å². The molecule has 1 saturated heterocycles. The lowest BCUT2D eigenvalue weighted by molar-refractivity contribution is 0.199. The lowest BCUT2D eigenvalue weighted by atomic mass is 10.0. The van der Waals surface area contributed by atoms with Crippen LogP contribution in [0.5, 0.6) is 5.95 Å². The number of fused-ring (bicyclic) bond motifs is 2. The molecule has 5 rings (SSSR count). The minimum atomic E-state index is -0.883. The predicted octanol–water partition coefficient (Wildman–Crippen LogP) is 5.27. The third-order valence-electron chi connectivity index (χ3n) is 7.14. The third kappa shape index (κ3) is 5.57. The summed E-state index contributed by atoms with van der Waals surface area (Å²) in [5.74, 6) is 0.116. The van der Waals surface area contributed by atoms with Crippen LogP contribution in [0.15, 0.2) is 53.1 Å². The number of nitriles is 1. The molecule has 3 heterocycles. The standard InChI is InChI=1S/C29H33N5O3/c1-2-10-34-20-22(25-16-21(19-30)6-8-26(25)34)5-3-4-11-32-12-14-33(15-13-32)24-7-9-27-23(17-24)18-28(36-27)37-29(31)35/h6-9,16-18,20H,2-5,10-15H2,1H3,(H2,31,35). The van der Waals surface area contributed by atoms with Gasteiger partial charge in [-0.1, -0.05) is 6.92 Å². The van der Waals surface area contributed by atoms with Crippen LogP contribution < -0.4 is 15.4 Å². The van der Waals surface area contributed by atoms with E-state index in [-0.39, 0.29) is 5.95 Å². The maximum absolute atomic E-state index is 11.0. The average molecular weight is 500 g/mol. The summed E-state index contributed by atoms with van der Waals surface area (Å²) in [6, 6.07) is 16.0. The molecule has 8 nitrogen and oxygen atoms in total. The maximum atomic E-state index is 11.0. The van der Waals surface area contributed by atoms with E-state index in [2.05, 4.69) is 45.7 Å². The Labute approximate surface area is 216 Å². The summed E-state index contributed by atoms with van der Waals surface area (Å²) < 4.78 is 12.7. The second kappa shape index (κ2) is 11.0. The summed E-state index contributed by atoms with van der Waals surface area (Å²) in [6.45, 7) is 8.29. The first-order valence-corrected chi connectivity index (χ1v) is 13.0. The number of primary amides is 1. The Morgan fingerprint density at radius 2 is 1.92 bits per heavy atom. The molecular weight excluding hydrogens is 466 g/mol. The Kier molecular flexibility index (Phi) is 7.33. The van der Waals surface area contributed by atoms with Gasteiger partial charge in [0.2, 0.25) is 0 Å². The summed E-state index contributed by atoms with van der Waals surface area (Å²) in [5, 5.41) is 11.4. The fourth-order valence-electron chi connectivity index (χ4n) is 5.30. The van der Waals surface area contributed by atoms with Crippen LogP contribution in [0.1, 0.15) is 37.3 Å². The molecule has 0 bridgehead atoms. The van der Waals surface area contributed by atoms with Gasteiger partial charge in [-0.05, 0) is 74.2 Å². The van der Waals surface area contributed by atoms with Gasteiger partial charge in [-0.2, -0.15) is 5.26 Å². The lowest BCUT2D eigenvalue weighted by Crippen LogP contribution is -2.46. The Hall–Kier alpha value is -3.96. The van der Waals surface area contributed by atoms with E-state index in [9.17, 15) is 10.1 Å². The first-order chi connectivity index (χ1) is 18.0. The van der Waals surface area contributed by atoms with E-state index < -0.39 is 6.09 Å². The van der Waals surface area contributed by atoms with Crippen LogP contribution >= 0.6 is 0 Å². The van der Waals surface area contributed by atoms with Crippen LogP contribution in [-0.2, 0) is 13.0 Å². The van der Waals surface area contributed by atoms with E-state index in [1.54, 1.807) is 6.07 Å². The Morgan fingerprint density at radius 3 is 2.68 bits per heavy atom. The van der Waals surface area contributed by atoms with Gasteiger partial charge in [-0.15, -0.1) is 0 Å². The van der Waals surface area contributed by atoms with E-state index in [0.717, 1.165) is 81.6 Å². The second-order valence-electron chi connectivity index (χ2n) is 9.69. The maximum Gasteiger partial charge on any atom is 0.412 e. The summed E-state index contributed by atoms with van der Waals surface area (Å²) >= 11 is 0. The number of nitrogens with zero attached hydrogens (tertiary/aromatic N) is 4. The van der Waals surface area contributed by atoms with Crippen LogP contribution in [0.2, 0.25) is 0 Å². The molecular formula is C29H33N5O3. The molecule has 0 saturated carbocycles. The molecule has 1 aliphatic heterocycles. The quantitative estimate of drug-likeness (QED) is 0.315. The monoisotopic (exact) mass is 499 g/mol. The molecule has 0 spiro atoms. The van der Waals surface area contributed by atoms with Crippen molar-refractivity contribution in [3.63, 3.8) is 0 Å². The van der Waals surface area contributed by atoms with Gasteiger partial charge < -0.3 is 24.4 Å². The summed E-state index contributed by atoms with van der Waals surface area (Å²) in [7, 11) is 0. The first-order valence-electron chi connectivity index (χ1n) is 13.0. The SMILES string of the molecule is CCCn1cc(CCCCN2CCN(c3ccc4oc(OC(N)=O)cc4c3)CC2)c2cc(C#N)ccc21. The number of aryl methyl sites for hydroxylation is 2. The molecule has 2 aromatic heterocycles. The third-order valence-corrected chi connectivity index (χ3v) is 7.14. The molecule has 2 aromatic carbocycles. The summed E-state index contributed by atoms with van der Waals surface area (Å²) in [6.07, 6.45) is 5.82. The smallest absolute Gasteiger partial charge is 0.412 e. The number of benzene rings is 2. The van der Waals surface area contributed by atoms with Crippen molar-refractivity contribution in [3.05, 3.63) is 59.8 Å². The fraction of sp³-hybridized carbons (Fsp3) is 0.379. The minimum Gasteiger partial charge on any atom is -0.425 e. The second-order valence-corrected chi connectivity index (χ2v) is 9.69. The molecule has 0 aliphatic carbocycles. The van der Waals surface area contributed by atoms with Gasteiger partial charge in [0.25, 0.3) is 5.95 Å². The van der Waals surface area contributed by atoms with E-state index in [4.69, 9.17) is 14.9 Å². The number of nitrogens with two attached hydrogens (primary N) is 1. The topological polar surface area (TPSA) is 101 Å². The number of amides is 1. The Bertz CT molecular complexity index is 1440. The van der Waals surface area contributed by atoms with Gasteiger partial charge in [0, 0.05) is 67.0 Å². The zero-order valence-corrected chi connectivity index (χ0v) is 21.3. The van der Waals surface area contributed by atoms with Crippen LogP contribution in [0.4, 0.5) is 10.5 Å². The van der Waals surface area contributed by atoms with Crippen molar-refractivity contribution in [3.8, 4) is 12.0 Å². The van der Waals surface area contributed by atoms with E-state index in [1.165, 1.54) is 16.5 Å². The molecule has 0 atom stereocenters. The summed E-state index contributed by atoms with van der Waals surface area (Å²) in [5.41, 5.74) is 10.2. The normalized spacial score (nSPS) is 14.3.